The molecule has 4 heteroatoms. The Labute approximate surface area is 165 Å². The van der Waals surface area contributed by atoms with Gasteiger partial charge in [0, 0.05) is 5.92 Å². The fourth-order valence-electron chi connectivity index (χ4n) is 3.97. The molecular weight excluding hydrogens is 365 g/mol. The number of benzene rings is 2. The average Bonchev–Trinajstić information content (AvgIpc) is 3.13. The van der Waals surface area contributed by atoms with Crippen LogP contribution in [-0.4, -0.2) is 6.61 Å². The molecule has 1 aliphatic heterocycles. The Morgan fingerprint density at radius 2 is 1.88 bits per heavy atom. The van der Waals surface area contributed by atoms with Crippen LogP contribution in [0.25, 0.3) is 0 Å². The second kappa shape index (κ2) is 7.17. The van der Waals surface area contributed by atoms with Gasteiger partial charge in [-0.3, -0.25) is 0 Å². The molecule has 0 radical (unpaired) electrons. The van der Waals surface area contributed by atoms with Gasteiger partial charge in [0.05, 0.1) is 28.4 Å². The molecule has 0 saturated heterocycles. The molecule has 0 bridgehead atoms. The van der Waals surface area contributed by atoms with Gasteiger partial charge in [0.2, 0.25) is 0 Å². The van der Waals surface area contributed by atoms with Crippen LogP contribution in [0.4, 0.5) is 5.69 Å². The standard InChI is InChI=1S/C22H23Cl2NO/c1-13(2)12-26-15-8-6-14(7-9-15)21-17-5-3-4-16(17)18-10-11-19(23)20(24)22(18)25-21/h3-4,6-11,13,16-17,21,25H,5,12H2,1-2H3/t16-,17+,21+/m1/s1. The minimum atomic E-state index is 0.206. The van der Waals surface area contributed by atoms with Crippen molar-refractivity contribution in [3.05, 3.63) is 69.7 Å². The van der Waals surface area contributed by atoms with Crippen LogP contribution in [0.5, 0.6) is 5.75 Å². The van der Waals surface area contributed by atoms with Crippen molar-refractivity contribution in [3.8, 4) is 5.75 Å². The maximum atomic E-state index is 6.51. The summed E-state index contributed by atoms with van der Waals surface area (Å²) in [5.41, 5.74) is 3.46. The van der Waals surface area contributed by atoms with Crippen LogP contribution < -0.4 is 10.1 Å². The van der Waals surface area contributed by atoms with Gasteiger partial charge >= 0.3 is 0 Å². The Hall–Kier alpha value is -1.64. The van der Waals surface area contributed by atoms with E-state index in [1.807, 2.05) is 6.07 Å². The van der Waals surface area contributed by atoms with Crippen molar-refractivity contribution in [1.29, 1.82) is 0 Å². The molecule has 0 saturated carbocycles. The topological polar surface area (TPSA) is 21.3 Å². The molecule has 1 heterocycles. The van der Waals surface area contributed by atoms with Crippen LogP contribution in [0.2, 0.25) is 10.0 Å². The van der Waals surface area contributed by atoms with Gasteiger partial charge in [-0.05, 0) is 47.6 Å². The zero-order valence-corrected chi connectivity index (χ0v) is 16.5. The summed E-state index contributed by atoms with van der Waals surface area (Å²) in [6.45, 7) is 5.04. The maximum Gasteiger partial charge on any atom is 0.119 e. The van der Waals surface area contributed by atoms with Gasteiger partial charge in [-0.15, -0.1) is 0 Å². The van der Waals surface area contributed by atoms with Gasteiger partial charge in [-0.1, -0.05) is 67.4 Å². The van der Waals surface area contributed by atoms with E-state index in [-0.39, 0.29) is 6.04 Å². The lowest BCUT2D eigenvalue weighted by Crippen LogP contribution is -2.29. The lowest BCUT2D eigenvalue weighted by Gasteiger charge is -2.38. The Kier molecular flexibility index (Phi) is 4.90. The number of fused-ring (bicyclic) bond motifs is 3. The molecule has 2 nitrogen and oxygen atoms in total. The van der Waals surface area contributed by atoms with Gasteiger partial charge in [-0.2, -0.15) is 0 Å². The fraction of sp³-hybridized carbons (Fsp3) is 0.364. The number of ether oxygens (including phenoxy) is 1. The monoisotopic (exact) mass is 387 g/mol. The van der Waals surface area contributed by atoms with Gasteiger partial charge < -0.3 is 10.1 Å². The van der Waals surface area contributed by atoms with E-state index in [1.165, 1.54) is 11.1 Å². The van der Waals surface area contributed by atoms with E-state index in [1.54, 1.807) is 0 Å². The summed E-state index contributed by atoms with van der Waals surface area (Å²) in [5, 5.41) is 4.87. The van der Waals surface area contributed by atoms with Crippen LogP contribution in [0.3, 0.4) is 0 Å². The quantitative estimate of drug-likeness (QED) is 0.578. The van der Waals surface area contributed by atoms with E-state index in [9.17, 15) is 0 Å². The summed E-state index contributed by atoms with van der Waals surface area (Å²) in [6, 6.07) is 12.6. The minimum absolute atomic E-state index is 0.206. The summed E-state index contributed by atoms with van der Waals surface area (Å²) < 4.78 is 5.82. The number of hydrogen-bond acceptors (Lipinski definition) is 2. The first-order valence-corrected chi connectivity index (χ1v) is 9.94. The average molecular weight is 388 g/mol. The lowest BCUT2D eigenvalue weighted by atomic mass is 9.77. The number of hydrogen-bond donors (Lipinski definition) is 1. The van der Waals surface area contributed by atoms with Gasteiger partial charge in [0.15, 0.2) is 0 Å². The van der Waals surface area contributed by atoms with Gasteiger partial charge in [-0.25, -0.2) is 0 Å². The molecule has 1 aliphatic carbocycles. The van der Waals surface area contributed by atoms with E-state index in [4.69, 9.17) is 27.9 Å². The third-order valence-corrected chi connectivity index (χ3v) is 6.05. The smallest absolute Gasteiger partial charge is 0.119 e. The first-order valence-electron chi connectivity index (χ1n) is 9.18. The molecule has 136 valence electrons. The highest BCUT2D eigenvalue weighted by molar-refractivity contribution is 6.43. The third kappa shape index (κ3) is 3.21. The van der Waals surface area contributed by atoms with Crippen LogP contribution in [0.15, 0.2) is 48.6 Å². The summed E-state index contributed by atoms with van der Waals surface area (Å²) in [6.07, 6.45) is 5.65. The predicted octanol–water partition coefficient (Wildman–Crippen LogP) is 6.85. The highest BCUT2D eigenvalue weighted by Gasteiger charge is 2.38. The number of anilines is 1. The Bertz CT molecular complexity index is 829. The zero-order valence-electron chi connectivity index (χ0n) is 15.0. The third-order valence-electron chi connectivity index (χ3n) is 5.25. The van der Waals surface area contributed by atoms with E-state index >= 15 is 0 Å². The van der Waals surface area contributed by atoms with Gasteiger partial charge in [0.1, 0.15) is 5.75 Å². The van der Waals surface area contributed by atoms with Crippen molar-refractivity contribution in [1.82, 2.24) is 0 Å². The van der Waals surface area contributed by atoms with Crippen molar-refractivity contribution < 1.29 is 4.74 Å². The summed E-state index contributed by atoms with van der Waals surface area (Å²) >= 11 is 12.8. The van der Waals surface area contributed by atoms with Crippen molar-refractivity contribution in [2.45, 2.75) is 32.2 Å². The first-order chi connectivity index (χ1) is 12.5. The largest absolute Gasteiger partial charge is 0.493 e. The normalized spacial score (nSPS) is 23.5. The molecule has 2 aromatic carbocycles. The molecule has 0 fully saturated rings. The predicted molar refractivity (Wildman–Crippen MR) is 110 cm³/mol. The summed E-state index contributed by atoms with van der Waals surface area (Å²) in [4.78, 5) is 0. The van der Waals surface area contributed by atoms with Gasteiger partial charge in [0.25, 0.3) is 0 Å². The molecule has 0 spiro atoms. The molecule has 0 unspecified atom stereocenters. The molecule has 3 atom stereocenters. The molecule has 4 rings (SSSR count). The molecule has 2 aliphatic rings. The molecule has 1 N–H and O–H groups in total. The van der Waals surface area contributed by atoms with E-state index in [0.717, 1.165) is 24.5 Å². The molecule has 0 amide bonds. The number of allylic oxidation sites excluding steroid dienone is 2. The summed E-state index contributed by atoms with van der Waals surface area (Å²) in [5.74, 6) is 2.30. The zero-order chi connectivity index (χ0) is 18.3. The molecular formula is C22H23Cl2NO. The first kappa shape index (κ1) is 17.8. The van der Waals surface area contributed by atoms with Crippen LogP contribution in [0, 0.1) is 11.8 Å². The van der Waals surface area contributed by atoms with E-state index < -0.39 is 0 Å². The Morgan fingerprint density at radius 3 is 2.62 bits per heavy atom. The number of nitrogens with one attached hydrogen (secondary N) is 1. The highest BCUT2D eigenvalue weighted by atomic mass is 35.5. The van der Waals surface area contributed by atoms with Crippen LogP contribution in [-0.2, 0) is 0 Å². The summed E-state index contributed by atoms with van der Waals surface area (Å²) in [7, 11) is 0. The van der Waals surface area contributed by atoms with E-state index in [2.05, 4.69) is 61.6 Å². The lowest BCUT2D eigenvalue weighted by molar-refractivity contribution is 0.271. The van der Waals surface area contributed by atoms with Crippen LogP contribution >= 0.6 is 23.2 Å². The second-order valence-corrected chi connectivity index (χ2v) is 8.36. The second-order valence-electron chi connectivity index (χ2n) is 7.57. The number of rotatable bonds is 4. The minimum Gasteiger partial charge on any atom is -0.493 e. The SMILES string of the molecule is CC(C)COc1ccc([C@@H]2Nc3c(ccc(Cl)c3Cl)[C@@H]3C=CC[C@@H]32)cc1. The van der Waals surface area contributed by atoms with Crippen molar-refractivity contribution in [2.24, 2.45) is 11.8 Å². The van der Waals surface area contributed by atoms with E-state index in [0.29, 0.717) is 27.8 Å². The fourth-order valence-corrected chi connectivity index (χ4v) is 4.35. The van der Waals surface area contributed by atoms with Crippen molar-refractivity contribution in [2.75, 3.05) is 11.9 Å². The van der Waals surface area contributed by atoms with Crippen molar-refractivity contribution in [3.63, 3.8) is 0 Å². The number of halogens is 2. The molecule has 26 heavy (non-hydrogen) atoms. The molecule has 2 aromatic rings. The molecule has 0 aromatic heterocycles. The maximum absolute atomic E-state index is 6.51. The van der Waals surface area contributed by atoms with Crippen LogP contribution in [0.1, 0.15) is 43.4 Å². The Balaban J connectivity index is 1.64. The highest BCUT2D eigenvalue weighted by Crippen LogP contribution is 2.52. The Morgan fingerprint density at radius 1 is 1.12 bits per heavy atom. The van der Waals surface area contributed by atoms with Crippen molar-refractivity contribution >= 4 is 28.9 Å².